The number of fused-ring (bicyclic) bond motifs is 1. The monoisotopic (exact) mass is 314 g/mol. The van der Waals surface area contributed by atoms with Gasteiger partial charge in [-0.1, -0.05) is 52.0 Å². The Morgan fingerprint density at radius 3 is 2.77 bits per heavy atom. The van der Waals surface area contributed by atoms with Gasteiger partial charge in [-0.25, -0.2) is 4.98 Å². The van der Waals surface area contributed by atoms with Gasteiger partial charge in [0.05, 0.1) is 5.69 Å². The van der Waals surface area contributed by atoms with E-state index in [0.717, 1.165) is 25.0 Å². The van der Waals surface area contributed by atoms with Crippen LogP contribution in [0.3, 0.4) is 0 Å². The van der Waals surface area contributed by atoms with Crippen molar-refractivity contribution in [3.8, 4) is 11.3 Å². The number of aryl methyl sites for hydroxylation is 1. The van der Waals surface area contributed by atoms with Crippen LogP contribution in [0.2, 0.25) is 0 Å². The molecule has 0 spiro atoms. The van der Waals surface area contributed by atoms with Gasteiger partial charge in [0.25, 0.3) is 0 Å². The average Bonchev–Trinajstić information content (AvgIpc) is 2.88. The average molecular weight is 314 g/mol. The quantitative estimate of drug-likeness (QED) is 0.803. The Morgan fingerprint density at radius 1 is 1.27 bits per heavy atom. The first kappa shape index (κ1) is 16.8. The Labute approximate surface area is 138 Å². The molecule has 2 aromatic rings. The van der Waals surface area contributed by atoms with E-state index in [1.54, 1.807) is 11.3 Å². The van der Waals surface area contributed by atoms with Crippen molar-refractivity contribution < 1.29 is 0 Å². The van der Waals surface area contributed by atoms with Crippen LogP contribution in [0.15, 0.2) is 24.3 Å². The van der Waals surface area contributed by atoms with E-state index >= 15 is 0 Å². The second-order valence-corrected chi connectivity index (χ2v) is 6.89. The van der Waals surface area contributed by atoms with Crippen LogP contribution in [0.5, 0.6) is 0 Å². The van der Waals surface area contributed by atoms with Gasteiger partial charge in [-0.05, 0) is 42.4 Å². The lowest BCUT2D eigenvalue weighted by molar-refractivity contribution is 0.654. The largest absolute Gasteiger partial charge is 0.375 e. The molecule has 2 nitrogen and oxygen atoms in total. The van der Waals surface area contributed by atoms with E-state index in [4.69, 9.17) is 5.73 Å². The minimum absolute atomic E-state index is 0.617. The summed E-state index contributed by atoms with van der Waals surface area (Å²) in [5, 5.41) is 0.670. The number of nitrogens with zero attached hydrogens (tertiary/aromatic N) is 1. The molecule has 3 heteroatoms. The SMILES string of the molecule is CC.CC(C)Cc1sc(N)nc1-c1ccc2c(c1)C=CCC2. The minimum Gasteiger partial charge on any atom is -0.375 e. The summed E-state index contributed by atoms with van der Waals surface area (Å²) in [6.45, 7) is 8.46. The van der Waals surface area contributed by atoms with Crippen LogP contribution in [-0.2, 0) is 12.8 Å². The maximum atomic E-state index is 5.92. The summed E-state index contributed by atoms with van der Waals surface area (Å²) in [6, 6.07) is 6.68. The third kappa shape index (κ3) is 3.77. The van der Waals surface area contributed by atoms with Crippen LogP contribution >= 0.6 is 11.3 Å². The fraction of sp³-hybridized carbons (Fsp3) is 0.421. The molecule has 0 unspecified atom stereocenters. The van der Waals surface area contributed by atoms with Crippen LogP contribution < -0.4 is 5.73 Å². The summed E-state index contributed by atoms with van der Waals surface area (Å²) in [6.07, 6.45) is 7.80. The lowest BCUT2D eigenvalue weighted by Crippen LogP contribution is -1.97. The molecule has 0 saturated heterocycles. The first-order valence-corrected chi connectivity index (χ1v) is 9.00. The number of hydrogen-bond acceptors (Lipinski definition) is 3. The van der Waals surface area contributed by atoms with Crippen molar-refractivity contribution >= 4 is 22.5 Å². The van der Waals surface area contributed by atoms with E-state index in [9.17, 15) is 0 Å². The maximum absolute atomic E-state index is 5.92. The van der Waals surface area contributed by atoms with Gasteiger partial charge in [-0.2, -0.15) is 0 Å². The number of nitrogens with two attached hydrogens (primary N) is 1. The highest BCUT2D eigenvalue weighted by Crippen LogP contribution is 2.33. The lowest BCUT2D eigenvalue weighted by atomic mass is 9.94. The number of rotatable bonds is 3. The van der Waals surface area contributed by atoms with Gasteiger partial charge in [0, 0.05) is 10.4 Å². The number of benzene rings is 1. The fourth-order valence-corrected chi connectivity index (χ4v) is 3.75. The van der Waals surface area contributed by atoms with Crippen LogP contribution in [-0.4, -0.2) is 4.98 Å². The molecule has 118 valence electrons. The maximum Gasteiger partial charge on any atom is 0.180 e. The fourth-order valence-electron chi connectivity index (χ4n) is 2.68. The number of hydrogen-bond donors (Lipinski definition) is 1. The predicted molar refractivity (Wildman–Crippen MR) is 99.2 cm³/mol. The normalized spacial score (nSPS) is 12.8. The number of thiazole rings is 1. The van der Waals surface area contributed by atoms with Gasteiger partial charge in [-0.3, -0.25) is 0 Å². The third-order valence-corrected chi connectivity index (χ3v) is 4.51. The summed E-state index contributed by atoms with van der Waals surface area (Å²) in [5.41, 5.74) is 11.0. The van der Waals surface area contributed by atoms with E-state index in [0.29, 0.717) is 11.0 Å². The van der Waals surface area contributed by atoms with Crippen LogP contribution in [0.25, 0.3) is 17.3 Å². The molecule has 0 aliphatic heterocycles. The number of allylic oxidation sites excluding steroid dienone is 1. The van der Waals surface area contributed by atoms with E-state index in [1.165, 1.54) is 21.6 Å². The van der Waals surface area contributed by atoms with Gasteiger partial charge < -0.3 is 5.73 Å². The number of nitrogen functional groups attached to an aromatic ring is 1. The highest BCUT2D eigenvalue weighted by atomic mass is 32.1. The molecule has 0 fully saturated rings. The molecule has 22 heavy (non-hydrogen) atoms. The molecule has 1 aliphatic carbocycles. The van der Waals surface area contributed by atoms with E-state index in [-0.39, 0.29) is 0 Å². The van der Waals surface area contributed by atoms with Gasteiger partial charge in [-0.15, -0.1) is 11.3 Å². The zero-order valence-corrected chi connectivity index (χ0v) is 14.8. The summed E-state index contributed by atoms with van der Waals surface area (Å²) >= 11 is 1.62. The Balaban J connectivity index is 0.000000847. The van der Waals surface area contributed by atoms with Crippen molar-refractivity contribution in [3.63, 3.8) is 0 Å². The van der Waals surface area contributed by atoms with Crippen molar-refractivity contribution in [3.05, 3.63) is 40.3 Å². The second kappa shape index (κ2) is 7.59. The van der Waals surface area contributed by atoms with Crippen molar-refractivity contribution in [2.75, 3.05) is 5.73 Å². The number of anilines is 1. The highest BCUT2D eigenvalue weighted by molar-refractivity contribution is 7.15. The van der Waals surface area contributed by atoms with Crippen molar-refractivity contribution in [1.29, 1.82) is 0 Å². The molecule has 1 aromatic heterocycles. The third-order valence-electron chi connectivity index (χ3n) is 3.60. The van der Waals surface area contributed by atoms with E-state index in [2.05, 4.69) is 49.2 Å². The molecule has 3 rings (SSSR count). The Bertz CT molecular complexity index is 653. The molecule has 0 bridgehead atoms. The minimum atomic E-state index is 0.617. The van der Waals surface area contributed by atoms with Crippen molar-refractivity contribution in [1.82, 2.24) is 4.98 Å². The smallest absolute Gasteiger partial charge is 0.180 e. The molecule has 0 saturated carbocycles. The predicted octanol–water partition coefficient (Wildman–Crippen LogP) is 5.58. The van der Waals surface area contributed by atoms with Crippen LogP contribution in [0, 0.1) is 5.92 Å². The molecule has 0 radical (unpaired) electrons. The Hall–Kier alpha value is -1.61. The van der Waals surface area contributed by atoms with Gasteiger partial charge in [0.15, 0.2) is 5.13 Å². The summed E-state index contributed by atoms with van der Waals surface area (Å²) in [4.78, 5) is 5.86. The Morgan fingerprint density at radius 2 is 2.05 bits per heavy atom. The van der Waals surface area contributed by atoms with Gasteiger partial charge in [0.2, 0.25) is 0 Å². The summed E-state index contributed by atoms with van der Waals surface area (Å²) in [5.74, 6) is 0.617. The molecule has 1 heterocycles. The van der Waals surface area contributed by atoms with E-state index in [1.807, 2.05) is 13.8 Å². The summed E-state index contributed by atoms with van der Waals surface area (Å²) in [7, 11) is 0. The summed E-state index contributed by atoms with van der Waals surface area (Å²) < 4.78 is 0. The van der Waals surface area contributed by atoms with Crippen molar-refractivity contribution in [2.45, 2.75) is 47.0 Å². The highest BCUT2D eigenvalue weighted by Gasteiger charge is 2.14. The lowest BCUT2D eigenvalue weighted by Gasteiger charge is -2.12. The molecule has 1 aliphatic rings. The molecule has 0 atom stereocenters. The van der Waals surface area contributed by atoms with E-state index < -0.39 is 0 Å². The molecule has 1 aromatic carbocycles. The van der Waals surface area contributed by atoms with Crippen LogP contribution in [0.1, 0.15) is 50.1 Å². The van der Waals surface area contributed by atoms with Gasteiger partial charge >= 0.3 is 0 Å². The first-order chi connectivity index (χ1) is 10.6. The number of aromatic nitrogens is 1. The van der Waals surface area contributed by atoms with Gasteiger partial charge in [0.1, 0.15) is 0 Å². The topological polar surface area (TPSA) is 38.9 Å². The zero-order chi connectivity index (χ0) is 16.1. The Kier molecular flexibility index (Phi) is 5.78. The standard InChI is InChI=1S/C17H20N2S.C2H6/c1-11(2)9-15-16(19-17(18)20-15)14-8-7-12-5-3-4-6-13(12)10-14;1-2/h4,6-8,10-11H,3,5,9H2,1-2H3,(H2,18,19);1-2H3. The first-order valence-electron chi connectivity index (χ1n) is 8.18. The second-order valence-electron chi connectivity index (χ2n) is 5.78. The van der Waals surface area contributed by atoms with Crippen molar-refractivity contribution in [2.24, 2.45) is 5.92 Å². The molecule has 2 N–H and O–H groups in total. The molecular weight excluding hydrogens is 288 g/mol. The zero-order valence-electron chi connectivity index (χ0n) is 14.0. The molecule has 0 amide bonds. The molecular formula is C19H26N2S. The van der Waals surface area contributed by atoms with Crippen LogP contribution in [0.4, 0.5) is 5.13 Å².